The Labute approximate surface area is 172 Å². The van der Waals surface area contributed by atoms with Crippen LogP contribution in [0.15, 0.2) is 87.7 Å². The standard InChI is InChI=1S/C24H17N3O3/c1-15-9-11-16(12-10-15)23-26-27-24(30-23)18-6-4-7-19(13-18)25-22(28)21-14-17-5-2-3-8-20(17)29-21/h2-14H,1H3,(H,25,28). The third-order valence-electron chi connectivity index (χ3n) is 4.74. The van der Waals surface area contributed by atoms with Crippen molar-refractivity contribution in [3.63, 3.8) is 0 Å². The number of carbonyl (C=O) groups is 1. The maximum atomic E-state index is 12.6. The molecule has 2 aromatic heterocycles. The van der Waals surface area contributed by atoms with Crippen LogP contribution in [0.3, 0.4) is 0 Å². The number of rotatable bonds is 4. The first-order valence-corrected chi connectivity index (χ1v) is 9.47. The molecule has 0 spiro atoms. The molecule has 1 N–H and O–H groups in total. The van der Waals surface area contributed by atoms with Crippen molar-refractivity contribution in [1.82, 2.24) is 10.2 Å². The van der Waals surface area contributed by atoms with Gasteiger partial charge >= 0.3 is 0 Å². The van der Waals surface area contributed by atoms with Crippen molar-refractivity contribution < 1.29 is 13.6 Å². The molecule has 0 fully saturated rings. The summed E-state index contributed by atoms with van der Waals surface area (Å²) < 4.78 is 11.5. The summed E-state index contributed by atoms with van der Waals surface area (Å²) in [6.07, 6.45) is 0. The Hall–Kier alpha value is -4.19. The highest BCUT2D eigenvalue weighted by molar-refractivity contribution is 6.04. The molecule has 0 radical (unpaired) electrons. The fourth-order valence-electron chi connectivity index (χ4n) is 3.17. The Kier molecular flexibility index (Phi) is 4.37. The predicted molar refractivity (Wildman–Crippen MR) is 114 cm³/mol. The molecule has 5 rings (SSSR count). The summed E-state index contributed by atoms with van der Waals surface area (Å²) in [7, 11) is 0. The Balaban J connectivity index is 1.38. The number of aryl methyl sites for hydroxylation is 1. The van der Waals surface area contributed by atoms with E-state index in [1.165, 1.54) is 0 Å². The third kappa shape index (κ3) is 3.46. The molecule has 146 valence electrons. The lowest BCUT2D eigenvalue weighted by atomic mass is 10.1. The number of fused-ring (bicyclic) bond motifs is 1. The van der Waals surface area contributed by atoms with E-state index in [1.54, 1.807) is 18.2 Å². The van der Waals surface area contributed by atoms with Crippen LogP contribution >= 0.6 is 0 Å². The van der Waals surface area contributed by atoms with E-state index in [2.05, 4.69) is 15.5 Å². The number of hydrogen-bond acceptors (Lipinski definition) is 5. The van der Waals surface area contributed by atoms with Crippen LogP contribution in [0.1, 0.15) is 16.1 Å². The molecule has 0 saturated heterocycles. The van der Waals surface area contributed by atoms with Crippen molar-refractivity contribution in [3.05, 3.63) is 90.2 Å². The SMILES string of the molecule is Cc1ccc(-c2nnc(-c3cccc(NC(=O)c4cc5ccccc5o4)c3)o2)cc1. The zero-order valence-electron chi connectivity index (χ0n) is 16.1. The lowest BCUT2D eigenvalue weighted by Gasteiger charge is -2.04. The van der Waals surface area contributed by atoms with Gasteiger partial charge in [-0.05, 0) is 49.4 Å². The van der Waals surface area contributed by atoms with Crippen molar-refractivity contribution in [2.45, 2.75) is 6.92 Å². The minimum absolute atomic E-state index is 0.251. The number of anilines is 1. The highest BCUT2D eigenvalue weighted by Crippen LogP contribution is 2.26. The van der Waals surface area contributed by atoms with E-state index in [0.29, 0.717) is 28.6 Å². The highest BCUT2D eigenvalue weighted by Gasteiger charge is 2.14. The van der Waals surface area contributed by atoms with Gasteiger partial charge in [0.2, 0.25) is 11.8 Å². The normalized spacial score (nSPS) is 11.0. The highest BCUT2D eigenvalue weighted by atomic mass is 16.4. The third-order valence-corrected chi connectivity index (χ3v) is 4.74. The van der Waals surface area contributed by atoms with Gasteiger partial charge in [-0.1, -0.05) is 42.0 Å². The van der Waals surface area contributed by atoms with Gasteiger partial charge in [0.05, 0.1) is 0 Å². The number of amides is 1. The Morgan fingerprint density at radius 2 is 1.57 bits per heavy atom. The molecule has 6 nitrogen and oxygen atoms in total. The van der Waals surface area contributed by atoms with E-state index in [1.807, 2.05) is 67.6 Å². The van der Waals surface area contributed by atoms with E-state index in [-0.39, 0.29) is 11.7 Å². The van der Waals surface area contributed by atoms with E-state index in [0.717, 1.165) is 16.5 Å². The van der Waals surface area contributed by atoms with Crippen LogP contribution in [0.2, 0.25) is 0 Å². The van der Waals surface area contributed by atoms with Crippen LogP contribution in [0.4, 0.5) is 5.69 Å². The van der Waals surface area contributed by atoms with Crippen LogP contribution in [-0.4, -0.2) is 16.1 Å². The lowest BCUT2D eigenvalue weighted by Crippen LogP contribution is -2.10. The monoisotopic (exact) mass is 395 g/mol. The topological polar surface area (TPSA) is 81.2 Å². The molecule has 3 aromatic carbocycles. The second-order valence-corrected chi connectivity index (χ2v) is 6.96. The lowest BCUT2D eigenvalue weighted by molar-refractivity contribution is 0.0998. The number of benzene rings is 3. The molecule has 0 atom stereocenters. The molecule has 2 heterocycles. The fraction of sp³-hybridized carbons (Fsp3) is 0.0417. The van der Waals surface area contributed by atoms with Crippen molar-refractivity contribution >= 4 is 22.6 Å². The van der Waals surface area contributed by atoms with Gasteiger partial charge in [0.25, 0.3) is 5.91 Å². The number of hydrogen-bond donors (Lipinski definition) is 1. The number of nitrogens with zero attached hydrogens (tertiary/aromatic N) is 2. The minimum Gasteiger partial charge on any atom is -0.451 e. The van der Waals surface area contributed by atoms with Crippen molar-refractivity contribution in [2.75, 3.05) is 5.32 Å². The maximum Gasteiger partial charge on any atom is 0.291 e. The summed E-state index contributed by atoms with van der Waals surface area (Å²) in [5.74, 6) is 0.752. The molecular weight excluding hydrogens is 378 g/mol. The van der Waals surface area contributed by atoms with Gasteiger partial charge in [-0.15, -0.1) is 10.2 Å². The van der Waals surface area contributed by atoms with Gasteiger partial charge in [-0.2, -0.15) is 0 Å². The minimum atomic E-state index is -0.325. The summed E-state index contributed by atoms with van der Waals surface area (Å²) >= 11 is 0. The molecule has 0 aliphatic heterocycles. The van der Waals surface area contributed by atoms with Gasteiger partial charge in [0.15, 0.2) is 5.76 Å². The number of para-hydroxylation sites is 1. The summed E-state index contributed by atoms with van der Waals surface area (Å²) in [6.45, 7) is 2.02. The average molecular weight is 395 g/mol. The number of nitrogens with one attached hydrogen (secondary N) is 1. The fourth-order valence-corrected chi connectivity index (χ4v) is 3.17. The van der Waals surface area contributed by atoms with Gasteiger partial charge in [-0.25, -0.2) is 0 Å². The summed E-state index contributed by atoms with van der Waals surface area (Å²) in [4.78, 5) is 12.6. The molecule has 0 saturated carbocycles. The average Bonchev–Trinajstić information content (AvgIpc) is 3.42. The van der Waals surface area contributed by atoms with Gasteiger partial charge < -0.3 is 14.2 Å². The molecule has 0 unspecified atom stereocenters. The van der Waals surface area contributed by atoms with Crippen molar-refractivity contribution in [3.8, 4) is 22.9 Å². The van der Waals surface area contributed by atoms with Crippen LogP contribution in [-0.2, 0) is 0 Å². The van der Waals surface area contributed by atoms with E-state index in [9.17, 15) is 4.79 Å². The number of aromatic nitrogens is 2. The Bertz CT molecular complexity index is 1320. The molecule has 6 heteroatoms. The number of furan rings is 1. The molecule has 0 bridgehead atoms. The summed E-state index contributed by atoms with van der Waals surface area (Å²) in [5, 5.41) is 12.0. The van der Waals surface area contributed by atoms with Crippen molar-refractivity contribution in [2.24, 2.45) is 0 Å². The van der Waals surface area contributed by atoms with Gasteiger partial charge in [0, 0.05) is 22.2 Å². The first kappa shape index (κ1) is 17.9. The zero-order chi connectivity index (χ0) is 20.5. The summed E-state index contributed by atoms with van der Waals surface area (Å²) in [5.41, 5.74) is 4.00. The van der Waals surface area contributed by atoms with Crippen LogP contribution < -0.4 is 5.32 Å². The molecule has 1 amide bonds. The van der Waals surface area contributed by atoms with Gasteiger partial charge in [-0.3, -0.25) is 4.79 Å². The molecule has 0 aliphatic rings. The van der Waals surface area contributed by atoms with Crippen molar-refractivity contribution in [1.29, 1.82) is 0 Å². The summed E-state index contributed by atoms with van der Waals surface area (Å²) in [6, 6.07) is 24.3. The van der Waals surface area contributed by atoms with E-state index in [4.69, 9.17) is 8.83 Å². The molecule has 0 aliphatic carbocycles. The molecule has 30 heavy (non-hydrogen) atoms. The Morgan fingerprint density at radius 1 is 0.800 bits per heavy atom. The largest absolute Gasteiger partial charge is 0.451 e. The number of carbonyl (C=O) groups excluding carboxylic acids is 1. The molecular formula is C24H17N3O3. The molecule has 5 aromatic rings. The smallest absolute Gasteiger partial charge is 0.291 e. The second kappa shape index (κ2) is 7.33. The van der Waals surface area contributed by atoms with E-state index < -0.39 is 0 Å². The maximum absolute atomic E-state index is 12.6. The first-order valence-electron chi connectivity index (χ1n) is 9.47. The predicted octanol–water partition coefficient (Wildman–Crippen LogP) is 5.71. The van der Waals surface area contributed by atoms with Crippen LogP contribution in [0, 0.1) is 6.92 Å². The quantitative estimate of drug-likeness (QED) is 0.421. The van der Waals surface area contributed by atoms with Gasteiger partial charge in [0.1, 0.15) is 5.58 Å². The van der Waals surface area contributed by atoms with Crippen LogP contribution in [0.5, 0.6) is 0 Å². The van der Waals surface area contributed by atoms with Crippen LogP contribution in [0.25, 0.3) is 33.9 Å². The van der Waals surface area contributed by atoms with E-state index >= 15 is 0 Å². The second-order valence-electron chi connectivity index (χ2n) is 6.96. The zero-order valence-corrected chi connectivity index (χ0v) is 16.1. The Morgan fingerprint density at radius 3 is 2.37 bits per heavy atom. The first-order chi connectivity index (χ1) is 14.7.